The predicted molar refractivity (Wildman–Crippen MR) is 135 cm³/mol. The molecule has 0 radical (unpaired) electrons. The molecule has 2 aromatic rings. The number of ether oxygens (including phenoxy) is 6. The zero-order chi connectivity index (χ0) is 25.3. The molecule has 3 rings (SSSR count). The Morgan fingerprint density at radius 3 is 1.77 bits per heavy atom. The van der Waals surface area contributed by atoms with E-state index in [1.165, 1.54) is 30.4 Å². The molecular formula is C28H40O7. The molecule has 1 fully saturated rings. The Labute approximate surface area is 209 Å². The molecule has 0 spiro atoms. The molecule has 0 aromatic heterocycles. The number of rotatable bonds is 16. The summed E-state index contributed by atoms with van der Waals surface area (Å²) in [4.78, 5) is 10.7. The van der Waals surface area contributed by atoms with E-state index >= 15 is 0 Å². The van der Waals surface area contributed by atoms with Crippen molar-refractivity contribution in [2.75, 3.05) is 54.9 Å². The maximum absolute atomic E-state index is 10.7. The Morgan fingerprint density at radius 2 is 1.26 bits per heavy atom. The molecule has 7 nitrogen and oxygen atoms in total. The second kappa shape index (κ2) is 17.1. The van der Waals surface area contributed by atoms with E-state index in [9.17, 15) is 4.79 Å². The minimum Gasteiger partial charge on any atom is -0.497 e. The van der Waals surface area contributed by atoms with Crippen LogP contribution in [0.4, 0.5) is 0 Å². The van der Waals surface area contributed by atoms with Crippen LogP contribution in [0, 0.1) is 5.92 Å². The van der Waals surface area contributed by atoms with Gasteiger partial charge in [-0.2, -0.15) is 0 Å². The first-order valence-electron chi connectivity index (χ1n) is 12.0. The maximum atomic E-state index is 10.7. The molecule has 7 heteroatoms. The van der Waals surface area contributed by atoms with Crippen LogP contribution in [0.5, 0.6) is 11.5 Å². The number of carbonyl (C=O) groups excluding carboxylic acids is 1. The van der Waals surface area contributed by atoms with E-state index in [2.05, 4.69) is 12.1 Å². The van der Waals surface area contributed by atoms with Crippen molar-refractivity contribution >= 4 is 6.29 Å². The molecule has 35 heavy (non-hydrogen) atoms. The summed E-state index contributed by atoms with van der Waals surface area (Å²) < 4.78 is 31.2. The van der Waals surface area contributed by atoms with Gasteiger partial charge in [-0.25, -0.2) is 0 Å². The fourth-order valence-corrected chi connectivity index (χ4v) is 3.47. The summed E-state index contributed by atoms with van der Waals surface area (Å²) in [5.74, 6) is 2.56. The van der Waals surface area contributed by atoms with Crippen molar-refractivity contribution in [3.8, 4) is 11.5 Å². The Kier molecular flexibility index (Phi) is 14.0. The topological polar surface area (TPSA) is 72.5 Å². The van der Waals surface area contributed by atoms with Gasteiger partial charge in [-0.3, -0.25) is 4.79 Å². The van der Waals surface area contributed by atoms with E-state index in [-0.39, 0.29) is 0 Å². The molecule has 194 valence electrons. The minimum atomic E-state index is 0.446. The van der Waals surface area contributed by atoms with Gasteiger partial charge in [-0.15, -0.1) is 0 Å². The lowest BCUT2D eigenvalue weighted by atomic mass is 10.0. The van der Waals surface area contributed by atoms with Crippen LogP contribution in [0.15, 0.2) is 36.4 Å². The number of methoxy groups -OCH3 is 4. The monoisotopic (exact) mass is 488 g/mol. The van der Waals surface area contributed by atoms with Crippen LogP contribution >= 0.6 is 0 Å². The summed E-state index contributed by atoms with van der Waals surface area (Å²) >= 11 is 0. The van der Waals surface area contributed by atoms with E-state index < -0.39 is 0 Å². The molecule has 0 unspecified atom stereocenters. The molecule has 0 amide bonds. The highest BCUT2D eigenvalue weighted by Crippen LogP contribution is 2.34. The third kappa shape index (κ3) is 12.2. The number of hydrogen-bond donors (Lipinski definition) is 0. The van der Waals surface area contributed by atoms with E-state index in [0.29, 0.717) is 51.0 Å². The molecule has 1 saturated carbocycles. The second-order valence-electron chi connectivity index (χ2n) is 8.49. The van der Waals surface area contributed by atoms with Gasteiger partial charge in [0.1, 0.15) is 17.8 Å². The average molecular weight is 489 g/mol. The standard InChI is InChI=1S/C16H24O3.C12H16O4/c1-17-7-8-19-12-15-9-14(6-5-13-3-4-13)10-16(11-15)18-2;1-14-3-4-16-9-11-5-10(8-13)6-12(7-11)15-2/h9-11,13H,3-8,12H2,1-2H3;5-8H,3-4,9H2,1-2H3. The largest absolute Gasteiger partial charge is 0.497 e. The van der Waals surface area contributed by atoms with Crippen molar-refractivity contribution in [3.05, 3.63) is 58.7 Å². The van der Waals surface area contributed by atoms with Crippen LogP contribution < -0.4 is 9.47 Å². The third-order valence-corrected chi connectivity index (χ3v) is 5.56. The highest BCUT2D eigenvalue weighted by atomic mass is 16.5. The molecule has 0 N–H and O–H groups in total. The first kappa shape index (κ1) is 28.8. The smallest absolute Gasteiger partial charge is 0.150 e. The lowest BCUT2D eigenvalue weighted by molar-refractivity contribution is 0.0615. The number of carbonyl (C=O) groups is 1. The van der Waals surface area contributed by atoms with Gasteiger partial charge in [-0.05, 0) is 65.8 Å². The highest BCUT2D eigenvalue weighted by molar-refractivity contribution is 5.76. The van der Waals surface area contributed by atoms with Gasteiger partial charge in [0.25, 0.3) is 0 Å². The van der Waals surface area contributed by atoms with Crippen LogP contribution in [0.25, 0.3) is 0 Å². The van der Waals surface area contributed by atoms with Crippen LogP contribution in [-0.4, -0.2) is 61.2 Å². The second-order valence-corrected chi connectivity index (χ2v) is 8.49. The summed E-state index contributed by atoms with van der Waals surface area (Å²) in [5.41, 5.74) is 4.04. The van der Waals surface area contributed by atoms with Gasteiger partial charge >= 0.3 is 0 Å². The van der Waals surface area contributed by atoms with E-state index in [1.807, 2.05) is 12.1 Å². The van der Waals surface area contributed by atoms with E-state index in [0.717, 1.165) is 29.9 Å². The Morgan fingerprint density at radius 1 is 0.714 bits per heavy atom. The van der Waals surface area contributed by atoms with Gasteiger partial charge in [0.05, 0.1) is 53.9 Å². The van der Waals surface area contributed by atoms with E-state index in [1.54, 1.807) is 40.6 Å². The molecule has 0 bridgehead atoms. The Hall–Kier alpha value is -2.45. The van der Waals surface area contributed by atoms with Gasteiger partial charge in [0.2, 0.25) is 0 Å². The SMILES string of the molecule is COCCOCc1cc(C=O)cc(OC)c1.COCCOCc1cc(CCC2CC2)cc(OC)c1. The fraction of sp³-hybridized carbons (Fsp3) is 0.536. The molecular weight excluding hydrogens is 448 g/mol. The molecule has 0 heterocycles. The summed E-state index contributed by atoms with van der Waals surface area (Å²) in [6.07, 6.45) is 6.07. The van der Waals surface area contributed by atoms with Crippen molar-refractivity contribution in [1.82, 2.24) is 0 Å². The van der Waals surface area contributed by atoms with Crippen LogP contribution in [0.3, 0.4) is 0 Å². The third-order valence-electron chi connectivity index (χ3n) is 5.56. The van der Waals surface area contributed by atoms with Crippen LogP contribution in [0.2, 0.25) is 0 Å². The van der Waals surface area contributed by atoms with Crippen LogP contribution in [0.1, 0.15) is 46.3 Å². The van der Waals surface area contributed by atoms with Crippen molar-refractivity contribution < 1.29 is 33.2 Å². The zero-order valence-corrected chi connectivity index (χ0v) is 21.5. The van der Waals surface area contributed by atoms with Gasteiger partial charge in [0, 0.05) is 19.8 Å². The fourth-order valence-electron chi connectivity index (χ4n) is 3.47. The predicted octanol–water partition coefficient (Wildman–Crippen LogP) is 4.87. The highest BCUT2D eigenvalue weighted by Gasteiger charge is 2.20. The lowest BCUT2D eigenvalue weighted by Crippen LogP contribution is -2.02. The Balaban J connectivity index is 0.000000251. The molecule has 1 aliphatic carbocycles. The average Bonchev–Trinajstić information content (AvgIpc) is 3.72. The first-order valence-corrected chi connectivity index (χ1v) is 12.0. The quantitative estimate of drug-likeness (QED) is 0.247. The summed E-state index contributed by atoms with van der Waals surface area (Å²) in [6, 6.07) is 11.7. The maximum Gasteiger partial charge on any atom is 0.150 e. The van der Waals surface area contributed by atoms with Crippen molar-refractivity contribution in [3.63, 3.8) is 0 Å². The lowest BCUT2D eigenvalue weighted by Gasteiger charge is -2.10. The van der Waals surface area contributed by atoms with Crippen molar-refractivity contribution in [2.24, 2.45) is 5.92 Å². The summed E-state index contributed by atoms with van der Waals surface area (Å²) in [7, 11) is 6.60. The van der Waals surface area contributed by atoms with Crippen molar-refractivity contribution in [2.45, 2.75) is 38.9 Å². The van der Waals surface area contributed by atoms with Crippen LogP contribution in [-0.2, 0) is 38.6 Å². The number of aldehydes is 1. The number of benzene rings is 2. The molecule has 0 aliphatic heterocycles. The molecule has 0 saturated heterocycles. The number of hydrogen-bond acceptors (Lipinski definition) is 7. The van der Waals surface area contributed by atoms with Gasteiger partial charge < -0.3 is 28.4 Å². The number of aryl methyl sites for hydroxylation is 1. The normalized spacial score (nSPS) is 12.6. The zero-order valence-electron chi connectivity index (χ0n) is 21.5. The molecule has 0 atom stereocenters. The van der Waals surface area contributed by atoms with Gasteiger partial charge in [-0.1, -0.05) is 18.9 Å². The van der Waals surface area contributed by atoms with Crippen molar-refractivity contribution in [1.29, 1.82) is 0 Å². The van der Waals surface area contributed by atoms with E-state index in [4.69, 9.17) is 28.4 Å². The molecule has 1 aliphatic rings. The Bertz CT molecular complexity index is 864. The first-order chi connectivity index (χ1) is 17.1. The molecule has 2 aromatic carbocycles. The summed E-state index contributed by atoms with van der Waals surface area (Å²) in [5, 5.41) is 0. The summed E-state index contributed by atoms with van der Waals surface area (Å²) in [6.45, 7) is 3.43. The minimum absolute atomic E-state index is 0.446. The van der Waals surface area contributed by atoms with Gasteiger partial charge in [0.15, 0.2) is 0 Å².